The fourth-order valence-electron chi connectivity index (χ4n) is 3.67. The van der Waals surface area contributed by atoms with Gasteiger partial charge in [0.2, 0.25) is 0 Å². The summed E-state index contributed by atoms with van der Waals surface area (Å²) in [5.74, 6) is 0.239. The van der Waals surface area contributed by atoms with E-state index in [1.807, 2.05) is 18.2 Å². The van der Waals surface area contributed by atoms with Crippen LogP contribution in [0, 0.1) is 0 Å². The molecular weight excluding hydrogens is 392 g/mol. The Morgan fingerprint density at radius 1 is 0.625 bits per heavy atom. The van der Waals surface area contributed by atoms with E-state index >= 15 is 0 Å². The molecule has 156 valence electrons. The summed E-state index contributed by atoms with van der Waals surface area (Å²) in [4.78, 5) is 11.3. The van der Waals surface area contributed by atoms with Crippen LogP contribution in [-0.2, 0) is 4.79 Å². The van der Waals surface area contributed by atoms with Crippen molar-refractivity contribution in [3.05, 3.63) is 150 Å². The Bertz CT molecular complexity index is 1150. The average Bonchev–Trinajstić information content (AvgIpc) is 2.86. The van der Waals surface area contributed by atoms with Crippen LogP contribution in [0.3, 0.4) is 0 Å². The minimum atomic E-state index is -0.460. The molecule has 0 saturated carbocycles. The van der Waals surface area contributed by atoms with E-state index < -0.39 is 5.97 Å². The first-order valence-corrected chi connectivity index (χ1v) is 10.6. The lowest BCUT2D eigenvalue weighted by Crippen LogP contribution is -2.03. The Kier molecular flexibility index (Phi) is 6.74. The molecule has 4 aromatic rings. The lowest BCUT2D eigenvalue weighted by atomic mass is 9.85. The van der Waals surface area contributed by atoms with Crippen LogP contribution >= 0.6 is 0 Å². The molecule has 0 saturated heterocycles. The number of carbonyl (C=O) groups is 1. The SMILES string of the molecule is C=CC(=O)Oc1ccc(C=Cc2ccc(C(c3ccccc3)c3ccccc3)cc2)cc1. The molecule has 0 spiro atoms. The molecule has 0 fully saturated rings. The van der Waals surface area contributed by atoms with Crippen molar-refractivity contribution in [2.45, 2.75) is 5.92 Å². The predicted molar refractivity (Wildman–Crippen MR) is 131 cm³/mol. The highest BCUT2D eigenvalue weighted by Crippen LogP contribution is 2.32. The van der Waals surface area contributed by atoms with Crippen LogP contribution in [0.25, 0.3) is 12.2 Å². The summed E-state index contributed by atoms with van der Waals surface area (Å²) in [5.41, 5.74) is 5.96. The number of benzene rings is 4. The van der Waals surface area contributed by atoms with Crippen molar-refractivity contribution in [2.75, 3.05) is 0 Å². The largest absolute Gasteiger partial charge is 0.423 e. The van der Waals surface area contributed by atoms with E-state index in [9.17, 15) is 4.79 Å². The van der Waals surface area contributed by atoms with Crippen LogP contribution in [0.4, 0.5) is 0 Å². The number of rotatable bonds is 7. The summed E-state index contributed by atoms with van der Waals surface area (Å²) in [7, 11) is 0. The molecule has 0 heterocycles. The number of esters is 1. The summed E-state index contributed by atoms with van der Waals surface area (Å²) in [6.45, 7) is 3.40. The van der Waals surface area contributed by atoms with Gasteiger partial charge in [-0.2, -0.15) is 0 Å². The topological polar surface area (TPSA) is 26.3 Å². The number of hydrogen-bond acceptors (Lipinski definition) is 2. The van der Waals surface area contributed by atoms with Gasteiger partial charge in [-0.25, -0.2) is 4.79 Å². The van der Waals surface area contributed by atoms with E-state index in [2.05, 4.69) is 97.6 Å². The maximum atomic E-state index is 11.3. The van der Waals surface area contributed by atoms with Crippen LogP contribution in [0.5, 0.6) is 5.75 Å². The normalized spacial score (nSPS) is 10.9. The van der Waals surface area contributed by atoms with Crippen LogP contribution < -0.4 is 4.74 Å². The minimum absolute atomic E-state index is 0.196. The van der Waals surface area contributed by atoms with Crippen LogP contribution in [-0.4, -0.2) is 5.97 Å². The zero-order chi connectivity index (χ0) is 22.2. The Labute approximate surface area is 189 Å². The first kappa shape index (κ1) is 21.1. The number of hydrogen-bond donors (Lipinski definition) is 0. The molecular formula is C30H24O2. The predicted octanol–water partition coefficient (Wildman–Crippen LogP) is 7.13. The highest BCUT2D eigenvalue weighted by atomic mass is 16.5. The summed E-state index contributed by atoms with van der Waals surface area (Å²) in [6, 6.07) is 37.2. The van der Waals surface area contributed by atoms with E-state index in [0.29, 0.717) is 5.75 Å². The van der Waals surface area contributed by atoms with Crippen LogP contribution in [0.2, 0.25) is 0 Å². The fourth-order valence-corrected chi connectivity index (χ4v) is 3.67. The summed E-state index contributed by atoms with van der Waals surface area (Å²) in [6.07, 6.45) is 5.27. The Hall–Kier alpha value is -4.17. The standard InChI is InChI=1S/C30H24O2/c1-2-29(31)32-28-21-17-24(18-22-28)14-13-23-15-19-27(20-16-23)30(25-9-5-3-6-10-25)26-11-7-4-8-12-26/h2-22,30H,1H2. The Balaban J connectivity index is 1.53. The van der Waals surface area contributed by atoms with E-state index in [4.69, 9.17) is 4.74 Å². The number of ether oxygens (including phenoxy) is 1. The number of carbonyl (C=O) groups excluding carboxylic acids is 1. The average molecular weight is 417 g/mol. The van der Waals surface area contributed by atoms with E-state index in [1.165, 1.54) is 16.7 Å². The molecule has 0 aliphatic heterocycles. The summed E-state index contributed by atoms with van der Waals surface area (Å²) in [5, 5.41) is 0. The van der Waals surface area contributed by atoms with Gasteiger partial charge in [0.15, 0.2) is 0 Å². The van der Waals surface area contributed by atoms with Gasteiger partial charge in [-0.15, -0.1) is 0 Å². The van der Waals surface area contributed by atoms with Gasteiger partial charge < -0.3 is 4.74 Å². The molecule has 0 amide bonds. The summed E-state index contributed by atoms with van der Waals surface area (Å²) < 4.78 is 5.11. The van der Waals surface area contributed by atoms with E-state index in [1.54, 1.807) is 12.1 Å². The van der Waals surface area contributed by atoms with E-state index in [0.717, 1.165) is 17.2 Å². The molecule has 4 aromatic carbocycles. The van der Waals surface area contributed by atoms with Gasteiger partial charge in [0, 0.05) is 12.0 Å². The van der Waals surface area contributed by atoms with Crippen molar-refractivity contribution in [1.29, 1.82) is 0 Å². The van der Waals surface area contributed by atoms with Gasteiger partial charge in [0.25, 0.3) is 0 Å². The van der Waals surface area contributed by atoms with Crippen LogP contribution in [0.1, 0.15) is 33.7 Å². The fraction of sp³-hybridized carbons (Fsp3) is 0.0333. The van der Waals surface area contributed by atoms with Crippen molar-refractivity contribution in [3.63, 3.8) is 0 Å². The molecule has 2 heteroatoms. The van der Waals surface area contributed by atoms with Crippen molar-refractivity contribution >= 4 is 18.1 Å². The molecule has 0 unspecified atom stereocenters. The summed E-state index contributed by atoms with van der Waals surface area (Å²) >= 11 is 0. The molecule has 0 N–H and O–H groups in total. The molecule has 2 nitrogen and oxygen atoms in total. The maximum absolute atomic E-state index is 11.3. The molecule has 0 aliphatic carbocycles. The van der Waals surface area contributed by atoms with Crippen molar-refractivity contribution in [1.82, 2.24) is 0 Å². The molecule has 32 heavy (non-hydrogen) atoms. The molecule has 0 radical (unpaired) electrons. The second-order valence-corrected chi connectivity index (χ2v) is 7.45. The third-order valence-electron chi connectivity index (χ3n) is 5.27. The molecule has 0 bridgehead atoms. The molecule has 0 atom stereocenters. The second-order valence-electron chi connectivity index (χ2n) is 7.45. The van der Waals surface area contributed by atoms with E-state index in [-0.39, 0.29) is 5.92 Å². The van der Waals surface area contributed by atoms with Crippen molar-refractivity contribution in [2.24, 2.45) is 0 Å². The highest BCUT2D eigenvalue weighted by Gasteiger charge is 2.15. The lowest BCUT2D eigenvalue weighted by Gasteiger charge is -2.19. The van der Waals surface area contributed by atoms with Gasteiger partial charge in [-0.05, 0) is 39.9 Å². The maximum Gasteiger partial charge on any atom is 0.335 e. The molecule has 0 aliphatic rings. The minimum Gasteiger partial charge on any atom is -0.423 e. The second kappa shape index (κ2) is 10.2. The third-order valence-corrected chi connectivity index (χ3v) is 5.27. The Morgan fingerprint density at radius 2 is 1.06 bits per heavy atom. The van der Waals surface area contributed by atoms with Crippen molar-refractivity contribution < 1.29 is 9.53 Å². The third kappa shape index (κ3) is 5.30. The van der Waals surface area contributed by atoms with Gasteiger partial charge in [0.1, 0.15) is 5.75 Å². The lowest BCUT2D eigenvalue weighted by molar-refractivity contribution is -0.128. The molecule has 0 aromatic heterocycles. The highest BCUT2D eigenvalue weighted by molar-refractivity contribution is 5.83. The zero-order valence-corrected chi connectivity index (χ0v) is 17.7. The van der Waals surface area contributed by atoms with Gasteiger partial charge >= 0.3 is 5.97 Å². The first-order valence-electron chi connectivity index (χ1n) is 10.6. The quantitative estimate of drug-likeness (QED) is 0.105. The van der Waals surface area contributed by atoms with Crippen molar-refractivity contribution in [3.8, 4) is 5.75 Å². The van der Waals surface area contributed by atoms with Gasteiger partial charge in [-0.1, -0.05) is 116 Å². The molecule has 4 rings (SSSR count). The smallest absolute Gasteiger partial charge is 0.335 e. The van der Waals surface area contributed by atoms with Gasteiger partial charge in [0.05, 0.1) is 0 Å². The van der Waals surface area contributed by atoms with Gasteiger partial charge in [-0.3, -0.25) is 0 Å². The van der Waals surface area contributed by atoms with Crippen LogP contribution in [0.15, 0.2) is 122 Å². The Morgan fingerprint density at radius 3 is 1.53 bits per heavy atom. The zero-order valence-electron chi connectivity index (χ0n) is 17.7. The first-order chi connectivity index (χ1) is 15.7. The monoisotopic (exact) mass is 416 g/mol.